The summed E-state index contributed by atoms with van der Waals surface area (Å²) in [6.07, 6.45) is 0. The van der Waals surface area contributed by atoms with Crippen LogP contribution in [0.3, 0.4) is 0 Å². The Balaban J connectivity index is 3.10. The van der Waals surface area contributed by atoms with Gasteiger partial charge in [0.05, 0.1) is 6.61 Å². The molecule has 50 valence electrons. The molecule has 0 bridgehead atoms. The van der Waals surface area contributed by atoms with Crippen LogP contribution in [0.4, 0.5) is 0 Å². The molecular weight excluding hydrogens is 104 g/mol. The summed E-state index contributed by atoms with van der Waals surface area (Å²) in [5.41, 5.74) is 5.38. The molecule has 0 amide bonds. The van der Waals surface area contributed by atoms with Gasteiger partial charge in [0.2, 0.25) is 0 Å². The first-order valence-corrected chi connectivity index (χ1v) is 2.68. The number of hydrogen-bond donors (Lipinski definition) is 2. The van der Waals surface area contributed by atoms with Crippen molar-refractivity contribution >= 4 is 0 Å². The second kappa shape index (κ2) is 3.83. The van der Waals surface area contributed by atoms with Gasteiger partial charge in [-0.15, -0.1) is 0 Å². The predicted molar refractivity (Wildman–Crippen MR) is 33.6 cm³/mol. The lowest BCUT2D eigenvalue weighted by Crippen LogP contribution is -2.35. The lowest BCUT2D eigenvalue weighted by Gasteiger charge is -2.13. The summed E-state index contributed by atoms with van der Waals surface area (Å²) in [6, 6.07) is -0.0926. The summed E-state index contributed by atoms with van der Waals surface area (Å²) < 4.78 is 0. The van der Waals surface area contributed by atoms with Crippen LogP contribution >= 0.6 is 0 Å². The van der Waals surface area contributed by atoms with E-state index in [0.29, 0.717) is 0 Å². The van der Waals surface area contributed by atoms with E-state index in [4.69, 9.17) is 10.8 Å². The van der Waals surface area contributed by atoms with Crippen molar-refractivity contribution in [2.75, 3.05) is 27.2 Å². The molecule has 0 fully saturated rings. The molecule has 0 radical (unpaired) electrons. The molecule has 0 aliphatic heterocycles. The van der Waals surface area contributed by atoms with Crippen molar-refractivity contribution in [3.8, 4) is 0 Å². The minimum absolute atomic E-state index is 0.0676. The van der Waals surface area contributed by atoms with Crippen molar-refractivity contribution in [2.24, 2.45) is 5.73 Å². The molecule has 0 spiro atoms. The van der Waals surface area contributed by atoms with E-state index in [1.165, 1.54) is 0 Å². The maximum absolute atomic E-state index is 8.43. The van der Waals surface area contributed by atoms with Gasteiger partial charge in [-0.05, 0) is 14.1 Å². The van der Waals surface area contributed by atoms with Crippen molar-refractivity contribution in [1.82, 2.24) is 4.90 Å². The summed E-state index contributed by atoms with van der Waals surface area (Å²) in [5.74, 6) is 0. The van der Waals surface area contributed by atoms with Crippen molar-refractivity contribution in [2.45, 2.75) is 6.04 Å². The summed E-state index contributed by atoms with van der Waals surface area (Å²) >= 11 is 0. The van der Waals surface area contributed by atoms with Gasteiger partial charge in [0.15, 0.2) is 0 Å². The monoisotopic (exact) mass is 118 g/mol. The third-order valence-electron chi connectivity index (χ3n) is 0.834. The van der Waals surface area contributed by atoms with Crippen molar-refractivity contribution in [3.63, 3.8) is 0 Å². The maximum atomic E-state index is 8.43. The molecule has 8 heavy (non-hydrogen) atoms. The Morgan fingerprint density at radius 3 is 2.25 bits per heavy atom. The van der Waals surface area contributed by atoms with Crippen molar-refractivity contribution in [3.05, 3.63) is 0 Å². The van der Waals surface area contributed by atoms with Crippen molar-refractivity contribution in [1.29, 1.82) is 0 Å². The number of aliphatic hydroxyl groups excluding tert-OH is 1. The van der Waals surface area contributed by atoms with E-state index in [2.05, 4.69) is 0 Å². The first-order chi connectivity index (χ1) is 3.66. The molecular formula is C5H14N2O. The number of aliphatic hydroxyl groups is 1. The Morgan fingerprint density at radius 2 is 2.12 bits per heavy atom. The molecule has 1 atom stereocenters. The second-order valence-electron chi connectivity index (χ2n) is 2.20. The molecule has 0 unspecified atom stereocenters. The second-order valence-corrected chi connectivity index (χ2v) is 2.20. The van der Waals surface area contributed by atoms with Gasteiger partial charge in [-0.1, -0.05) is 0 Å². The zero-order valence-corrected chi connectivity index (χ0v) is 5.46. The molecule has 0 aliphatic carbocycles. The first kappa shape index (κ1) is 7.88. The number of rotatable bonds is 3. The zero-order chi connectivity index (χ0) is 6.57. The quantitative estimate of drug-likeness (QED) is 0.493. The minimum Gasteiger partial charge on any atom is -0.395 e. The highest BCUT2D eigenvalue weighted by atomic mass is 16.3. The van der Waals surface area contributed by atoms with E-state index in [1.54, 1.807) is 0 Å². The number of nitrogens with zero attached hydrogens (tertiary/aromatic N) is 1. The molecule has 0 aliphatic rings. The minimum atomic E-state index is -0.0926. The van der Waals surface area contributed by atoms with Gasteiger partial charge in [-0.3, -0.25) is 0 Å². The number of hydrogen-bond acceptors (Lipinski definition) is 3. The highest BCUT2D eigenvalue weighted by Gasteiger charge is 1.98. The molecule has 3 nitrogen and oxygen atoms in total. The van der Waals surface area contributed by atoms with Crippen LogP contribution in [0.15, 0.2) is 0 Å². The van der Waals surface area contributed by atoms with Gasteiger partial charge in [-0.25, -0.2) is 0 Å². The van der Waals surface area contributed by atoms with Gasteiger partial charge in [0.1, 0.15) is 0 Å². The highest BCUT2D eigenvalue weighted by Crippen LogP contribution is 1.78. The van der Waals surface area contributed by atoms with E-state index < -0.39 is 0 Å². The van der Waals surface area contributed by atoms with Crippen LogP contribution in [-0.2, 0) is 0 Å². The Hall–Kier alpha value is -0.120. The Bertz CT molecular complexity index is 56.4. The molecule has 3 N–H and O–H groups in total. The largest absolute Gasteiger partial charge is 0.395 e. The average molecular weight is 118 g/mol. The molecule has 0 saturated heterocycles. The molecule has 0 rings (SSSR count). The first-order valence-electron chi connectivity index (χ1n) is 2.68. The molecule has 0 saturated carbocycles. The van der Waals surface area contributed by atoms with E-state index in [9.17, 15) is 0 Å². The fraction of sp³-hybridized carbons (Fsp3) is 1.00. The summed E-state index contributed by atoms with van der Waals surface area (Å²) in [7, 11) is 3.85. The van der Waals surface area contributed by atoms with E-state index in [-0.39, 0.29) is 12.6 Å². The normalized spacial score (nSPS) is 14.6. The number of likely N-dealkylation sites (N-methyl/N-ethyl adjacent to an activating group) is 1. The smallest absolute Gasteiger partial charge is 0.0595 e. The molecule has 3 heteroatoms. The Kier molecular flexibility index (Phi) is 3.77. The average Bonchev–Trinajstić information content (AvgIpc) is 1.65. The maximum Gasteiger partial charge on any atom is 0.0595 e. The predicted octanol–water partition coefficient (Wildman–Crippen LogP) is -1.13. The van der Waals surface area contributed by atoms with Gasteiger partial charge in [-0.2, -0.15) is 0 Å². The van der Waals surface area contributed by atoms with Gasteiger partial charge < -0.3 is 15.7 Å². The summed E-state index contributed by atoms with van der Waals surface area (Å²) in [5, 5.41) is 8.43. The SMILES string of the molecule is CN(C)C[C@@H](N)CO. The van der Waals surface area contributed by atoms with E-state index in [1.807, 2.05) is 19.0 Å². The number of nitrogens with two attached hydrogens (primary N) is 1. The van der Waals surface area contributed by atoms with Crippen LogP contribution in [0, 0.1) is 0 Å². The third-order valence-corrected chi connectivity index (χ3v) is 0.834. The topological polar surface area (TPSA) is 49.5 Å². The Labute approximate surface area is 50.1 Å². The third kappa shape index (κ3) is 4.05. The summed E-state index contributed by atoms with van der Waals surface area (Å²) in [4.78, 5) is 1.95. The standard InChI is InChI=1S/C5H14N2O/c1-7(2)3-5(6)4-8/h5,8H,3-4,6H2,1-2H3/t5-/m1/s1. The fourth-order valence-electron chi connectivity index (χ4n) is 0.527. The molecule has 0 aromatic carbocycles. The van der Waals surface area contributed by atoms with E-state index >= 15 is 0 Å². The van der Waals surface area contributed by atoms with Crippen LogP contribution in [0.25, 0.3) is 0 Å². The van der Waals surface area contributed by atoms with Crippen LogP contribution in [0.2, 0.25) is 0 Å². The van der Waals surface area contributed by atoms with Gasteiger partial charge >= 0.3 is 0 Å². The van der Waals surface area contributed by atoms with Crippen LogP contribution in [0.5, 0.6) is 0 Å². The molecule has 0 aromatic heterocycles. The summed E-state index contributed by atoms with van der Waals surface area (Å²) in [6.45, 7) is 0.814. The molecule has 0 aromatic rings. The van der Waals surface area contributed by atoms with Gasteiger partial charge in [0, 0.05) is 12.6 Å². The van der Waals surface area contributed by atoms with Crippen LogP contribution in [-0.4, -0.2) is 43.3 Å². The lowest BCUT2D eigenvalue weighted by molar-refractivity contribution is 0.236. The lowest BCUT2D eigenvalue weighted by atomic mass is 10.3. The zero-order valence-electron chi connectivity index (χ0n) is 5.46. The fourth-order valence-corrected chi connectivity index (χ4v) is 0.527. The van der Waals surface area contributed by atoms with Gasteiger partial charge in [0.25, 0.3) is 0 Å². The van der Waals surface area contributed by atoms with Crippen molar-refractivity contribution < 1.29 is 5.11 Å². The Morgan fingerprint density at radius 1 is 1.62 bits per heavy atom. The van der Waals surface area contributed by atoms with Crippen LogP contribution < -0.4 is 5.73 Å². The van der Waals surface area contributed by atoms with Crippen LogP contribution in [0.1, 0.15) is 0 Å². The highest BCUT2D eigenvalue weighted by molar-refractivity contribution is 4.60. The molecule has 0 heterocycles. The van der Waals surface area contributed by atoms with E-state index in [0.717, 1.165) is 6.54 Å².